The van der Waals surface area contributed by atoms with Gasteiger partial charge in [0.25, 0.3) is 0 Å². The number of hydrogen-bond donors (Lipinski definition) is 1. The lowest BCUT2D eigenvalue weighted by molar-refractivity contribution is -0.135. The second-order valence-corrected chi connectivity index (χ2v) is 14.7. The molecule has 3 aromatic carbocycles. The molecule has 0 radical (unpaired) electrons. The van der Waals surface area contributed by atoms with Gasteiger partial charge in [0.15, 0.2) is 0 Å². The fourth-order valence-corrected chi connectivity index (χ4v) is 10.4. The molecule has 1 amide bonds. The minimum atomic E-state index is -2.81. The zero-order valence-electron chi connectivity index (χ0n) is 24.1. The van der Waals surface area contributed by atoms with E-state index in [1.54, 1.807) is 0 Å². The van der Waals surface area contributed by atoms with Crippen LogP contribution in [0.4, 0.5) is 4.79 Å². The number of hydrogen-bond acceptors (Lipinski definition) is 4. The molecule has 0 spiro atoms. The molecule has 6 heteroatoms. The van der Waals surface area contributed by atoms with Crippen LogP contribution < -0.4 is 21.2 Å². The number of rotatable bonds is 8. The SMILES string of the molecule is CCOC(=O)C([C@H](NC(=O)OC(C)(C)C)C1CCCCC1)=P(c1ccccc1)(c1ccccc1)c1ccccc1. The molecule has 3 aromatic rings. The Labute approximate surface area is 239 Å². The van der Waals surface area contributed by atoms with Gasteiger partial charge in [-0.3, -0.25) is 0 Å². The van der Waals surface area contributed by atoms with Crippen molar-refractivity contribution in [3.63, 3.8) is 0 Å². The Morgan fingerprint density at radius 1 is 0.800 bits per heavy atom. The van der Waals surface area contributed by atoms with Crippen LogP contribution in [0, 0.1) is 5.92 Å². The molecule has 0 bridgehead atoms. The summed E-state index contributed by atoms with van der Waals surface area (Å²) >= 11 is 0. The quantitative estimate of drug-likeness (QED) is 0.264. The van der Waals surface area contributed by atoms with Gasteiger partial charge >= 0.3 is 12.1 Å². The van der Waals surface area contributed by atoms with E-state index in [0.717, 1.165) is 48.0 Å². The Kier molecular flexibility index (Phi) is 9.92. The highest BCUT2D eigenvalue weighted by Gasteiger charge is 2.42. The fraction of sp³-hybridized carbons (Fsp3) is 0.382. The Bertz CT molecular complexity index is 1210. The minimum absolute atomic E-state index is 0.0798. The monoisotopic (exact) mass is 559 g/mol. The molecule has 212 valence electrons. The molecule has 5 nitrogen and oxygen atoms in total. The Morgan fingerprint density at radius 3 is 1.65 bits per heavy atom. The van der Waals surface area contributed by atoms with Crippen molar-refractivity contribution in [3.8, 4) is 0 Å². The maximum atomic E-state index is 14.4. The van der Waals surface area contributed by atoms with Crippen molar-refractivity contribution in [2.24, 2.45) is 5.92 Å². The lowest BCUT2D eigenvalue weighted by Crippen LogP contribution is -2.53. The lowest BCUT2D eigenvalue weighted by atomic mass is 9.82. The molecule has 0 saturated heterocycles. The van der Waals surface area contributed by atoms with Crippen LogP contribution in [0.3, 0.4) is 0 Å². The lowest BCUT2D eigenvalue weighted by Gasteiger charge is -2.39. The van der Waals surface area contributed by atoms with Crippen LogP contribution in [-0.2, 0) is 14.3 Å². The second-order valence-electron chi connectivity index (χ2n) is 11.3. The third-order valence-corrected chi connectivity index (χ3v) is 11.8. The van der Waals surface area contributed by atoms with Gasteiger partial charge in [0.1, 0.15) is 5.60 Å². The van der Waals surface area contributed by atoms with E-state index in [2.05, 4.69) is 41.7 Å². The van der Waals surface area contributed by atoms with Crippen LogP contribution in [0.15, 0.2) is 91.0 Å². The van der Waals surface area contributed by atoms with Crippen LogP contribution in [0.5, 0.6) is 0 Å². The van der Waals surface area contributed by atoms with Gasteiger partial charge in [-0.05, 0) is 69.3 Å². The second kappa shape index (κ2) is 13.4. The maximum absolute atomic E-state index is 14.4. The molecule has 1 saturated carbocycles. The van der Waals surface area contributed by atoms with Crippen LogP contribution in [-0.4, -0.2) is 35.6 Å². The third-order valence-electron chi connectivity index (χ3n) is 7.36. The number of esters is 1. The van der Waals surface area contributed by atoms with E-state index < -0.39 is 24.6 Å². The van der Waals surface area contributed by atoms with Crippen molar-refractivity contribution in [1.29, 1.82) is 0 Å². The van der Waals surface area contributed by atoms with Crippen LogP contribution in [0.25, 0.3) is 0 Å². The molecule has 0 aliphatic heterocycles. The maximum Gasteiger partial charge on any atom is 0.408 e. The summed E-state index contributed by atoms with van der Waals surface area (Å²) in [5.74, 6) is -0.282. The highest BCUT2D eigenvalue weighted by molar-refractivity contribution is 7.96. The van der Waals surface area contributed by atoms with E-state index in [0.29, 0.717) is 5.29 Å². The molecule has 0 heterocycles. The molecule has 1 aliphatic rings. The molecular weight excluding hydrogens is 517 g/mol. The van der Waals surface area contributed by atoms with Gasteiger partial charge in [-0.1, -0.05) is 110 Å². The van der Waals surface area contributed by atoms with Crippen molar-refractivity contribution < 1.29 is 19.1 Å². The normalized spacial score (nSPS) is 15.1. The molecule has 1 N–H and O–H groups in total. The molecule has 40 heavy (non-hydrogen) atoms. The number of alkyl carbamates (subject to hydrolysis) is 1. The summed E-state index contributed by atoms with van der Waals surface area (Å²) < 4.78 is 11.7. The Morgan fingerprint density at radius 2 is 1.25 bits per heavy atom. The van der Waals surface area contributed by atoms with Gasteiger partial charge in [0.05, 0.1) is 17.9 Å². The number of carbonyl (C=O) groups excluding carboxylic acids is 2. The number of amides is 1. The summed E-state index contributed by atoms with van der Waals surface area (Å²) in [4.78, 5) is 27.9. The van der Waals surface area contributed by atoms with Crippen LogP contribution >= 0.6 is 6.89 Å². The molecule has 0 aromatic heterocycles. The fourth-order valence-electron chi connectivity index (χ4n) is 5.81. The van der Waals surface area contributed by atoms with Gasteiger partial charge in [0.2, 0.25) is 0 Å². The number of ether oxygens (including phenoxy) is 2. The van der Waals surface area contributed by atoms with Gasteiger partial charge in [0, 0.05) is 0 Å². The highest BCUT2D eigenvalue weighted by atomic mass is 31.2. The van der Waals surface area contributed by atoms with Gasteiger partial charge in [-0.25, -0.2) is 9.59 Å². The third kappa shape index (κ3) is 6.70. The molecular formula is C34H42NO4P. The van der Waals surface area contributed by atoms with E-state index in [9.17, 15) is 9.59 Å². The van der Waals surface area contributed by atoms with E-state index in [1.165, 1.54) is 0 Å². The van der Waals surface area contributed by atoms with Crippen molar-refractivity contribution in [2.75, 3.05) is 6.61 Å². The van der Waals surface area contributed by atoms with E-state index >= 15 is 0 Å². The average molecular weight is 560 g/mol. The summed E-state index contributed by atoms with van der Waals surface area (Å²) in [7, 11) is 0. The first kappa shape index (κ1) is 29.7. The predicted molar refractivity (Wildman–Crippen MR) is 167 cm³/mol. The van der Waals surface area contributed by atoms with E-state index in [1.807, 2.05) is 82.3 Å². The van der Waals surface area contributed by atoms with Gasteiger partial charge in [-0.2, -0.15) is 0 Å². The zero-order valence-corrected chi connectivity index (χ0v) is 25.0. The number of carbonyl (C=O) groups is 2. The minimum Gasteiger partial charge on any atom is -0.463 e. The number of nitrogens with one attached hydrogen (secondary N) is 1. The first-order valence-corrected chi connectivity index (χ1v) is 16.2. The van der Waals surface area contributed by atoms with Crippen molar-refractivity contribution in [2.45, 2.75) is 71.4 Å². The molecule has 0 unspecified atom stereocenters. The highest BCUT2D eigenvalue weighted by Crippen LogP contribution is 2.48. The van der Waals surface area contributed by atoms with Crippen LogP contribution in [0.2, 0.25) is 0 Å². The molecule has 4 rings (SSSR count). The summed E-state index contributed by atoms with van der Waals surface area (Å²) in [6, 6.07) is 30.2. The topological polar surface area (TPSA) is 64.6 Å². The zero-order chi connectivity index (χ0) is 28.6. The smallest absolute Gasteiger partial charge is 0.408 e. The first-order chi connectivity index (χ1) is 19.3. The molecule has 1 atom stereocenters. The van der Waals surface area contributed by atoms with E-state index in [-0.39, 0.29) is 18.5 Å². The van der Waals surface area contributed by atoms with Crippen molar-refractivity contribution >= 4 is 40.2 Å². The van der Waals surface area contributed by atoms with Gasteiger partial charge in [-0.15, -0.1) is 0 Å². The predicted octanol–water partition coefficient (Wildman–Crippen LogP) is 6.19. The Hall–Kier alpha value is -3.30. The summed E-state index contributed by atoms with van der Waals surface area (Å²) in [5, 5.41) is 6.98. The largest absolute Gasteiger partial charge is 0.463 e. The van der Waals surface area contributed by atoms with Gasteiger partial charge < -0.3 is 14.8 Å². The first-order valence-electron chi connectivity index (χ1n) is 14.4. The summed E-state index contributed by atoms with van der Waals surface area (Å²) in [6.45, 7) is 4.83. The standard InChI is InChI=1S/C34H42NO4P/c1-5-38-32(36)31(30(26-18-10-6-11-19-26)35-33(37)39-34(2,3)4)40(27-20-12-7-13-21-27,28-22-14-8-15-23-28)29-24-16-9-17-25-29/h7-9,12-17,20-26,30H,5-6,10-11,18-19H2,1-4H3,(H,35,37)/t30-/m1/s1. The van der Waals surface area contributed by atoms with E-state index in [4.69, 9.17) is 9.47 Å². The molecule has 1 fully saturated rings. The molecule has 1 aliphatic carbocycles. The van der Waals surface area contributed by atoms with Crippen molar-refractivity contribution in [1.82, 2.24) is 5.32 Å². The number of benzene rings is 3. The summed E-state index contributed by atoms with van der Waals surface area (Å²) in [5.41, 5.74) is -0.671. The summed E-state index contributed by atoms with van der Waals surface area (Å²) in [6.07, 6.45) is 4.59. The van der Waals surface area contributed by atoms with Crippen LogP contribution in [0.1, 0.15) is 59.8 Å². The Balaban J connectivity index is 2.16. The average Bonchev–Trinajstić information content (AvgIpc) is 2.96. The van der Waals surface area contributed by atoms with Crippen molar-refractivity contribution in [3.05, 3.63) is 91.0 Å².